The topological polar surface area (TPSA) is 33.2 Å². The molecule has 1 aliphatic carbocycles. The molecule has 3 nitrogen and oxygen atoms in total. The maximum Gasteiger partial charge on any atom is 0.226 e. The van der Waals surface area contributed by atoms with E-state index in [0.717, 1.165) is 30.7 Å². The quantitative estimate of drug-likeness (QED) is 0.776. The number of amides is 1. The fourth-order valence-electron chi connectivity index (χ4n) is 2.67. The van der Waals surface area contributed by atoms with Crippen LogP contribution in [-0.2, 0) is 17.8 Å². The number of thiazole rings is 1. The van der Waals surface area contributed by atoms with Gasteiger partial charge in [0.1, 0.15) is 5.01 Å². The molecule has 1 aliphatic rings. The molecule has 1 atom stereocenters. The van der Waals surface area contributed by atoms with Crippen molar-refractivity contribution in [2.24, 2.45) is 5.92 Å². The standard InChI is InChI=1S/C18H22N2OS/c1-14(7-8-15-5-3-2-4-6-15)20(18(21)16-9-10-16)13-17-19-11-12-22-17/h2-6,11-12,14,16H,7-10,13H2,1H3. The van der Waals surface area contributed by atoms with Gasteiger partial charge >= 0.3 is 0 Å². The Morgan fingerprint density at radius 2 is 2.14 bits per heavy atom. The van der Waals surface area contributed by atoms with Crippen LogP contribution < -0.4 is 0 Å². The van der Waals surface area contributed by atoms with Crippen LogP contribution >= 0.6 is 11.3 Å². The Morgan fingerprint density at radius 1 is 1.36 bits per heavy atom. The molecule has 0 aliphatic heterocycles. The van der Waals surface area contributed by atoms with E-state index in [2.05, 4.69) is 36.2 Å². The zero-order chi connectivity index (χ0) is 15.4. The molecule has 1 aromatic carbocycles. The SMILES string of the molecule is CC(CCc1ccccc1)N(Cc1nccs1)C(=O)C1CC1. The first kappa shape index (κ1) is 15.2. The number of aromatic nitrogens is 1. The van der Waals surface area contributed by atoms with Crippen LogP contribution in [0.5, 0.6) is 0 Å². The molecular formula is C18H22N2OS. The lowest BCUT2D eigenvalue weighted by molar-refractivity contribution is -0.135. The van der Waals surface area contributed by atoms with Gasteiger partial charge in [-0.2, -0.15) is 0 Å². The minimum Gasteiger partial charge on any atom is -0.333 e. The van der Waals surface area contributed by atoms with E-state index in [9.17, 15) is 4.79 Å². The normalized spacial score (nSPS) is 15.5. The summed E-state index contributed by atoms with van der Waals surface area (Å²) in [4.78, 5) is 19.0. The van der Waals surface area contributed by atoms with Gasteiger partial charge in [0.15, 0.2) is 0 Å². The molecule has 1 saturated carbocycles. The van der Waals surface area contributed by atoms with Gasteiger partial charge in [-0.25, -0.2) is 4.98 Å². The average molecular weight is 314 g/mol. The Morgan fingerprint density at radius 3 is 2.77 bits per heavy atom. The summed E-state index contributed by atoms with van der Waals surface area (Å²) in [5.41, 5.74) is 1.34. The van der Waals surface area contributed by atoms with Gasteiger partial charge < -0.3 is 4.90 Å². The third kappa shape index (κ3) is 3.95. The third-order valence-electron chi connectivity index (χ3n) is 4.22. The Kier molecular flexibility index (Phi) is 4.88. The molecule has 1 heterocycles. The first-order valence-electron chi connectivity index (χ1n) is 7.97. The molecule has 22 heavy (non-hydrogen) atoms. The van der Waals surface area contributed by atoms with E-state index in [-0.39, 0.29) is 12.0 Å². The summed E-state index contributed by atoms with van der Waals surface area (Å²) >= 11 is 1.63. The third-order valence-corrected chi connectivity index (χ3v) is 4.99. The molecule has 0 radical (unpaired) electrons. The van der Waals surface area contributed by atoms with Crippen LogP contribution in [0.1, 0.15) is 36.8 Å². The van der Waals surface area contributed by atoms with E-state index in [1.54, 1.807) is 11.3 Å². The number of hydrogen-bond donors (Lipinski definition) is 0. The van der Waals surface area contributed by atoms with Crippen LogP contribution in [0.4, 0.5) is 0 Å². The van der Waals surface area contributed by atoms with Crippen LogP contribution in [0.2, 0.25) is 0 Å². The van der Waals surface area contributed by atoms with Crippen molar-refractivity contribution in [1.29, 1.82) is 0 Å². The molecule has 1 aromatic heterocycles. The highest BCUT2D eigenvalue weighted by atomic mass is 32.1. The molecule has 1 unspecified atom stereocenters. The van der Waals surface area contributed by atoms with Gasteiger partial charge in [0.25, 0.3) is 0 Å². The van der Waals surface area contributed by atoms with Gasteiger partial charge in [-0.15, -0.1) is 11.3 Å². The number of hydrogen-bond acceptors (Lipinski definition) is 3. The van der Waals surface area contributed by atoms with E-state index in [1.165, 1.54) is 5.56 Å². The molecule has 0 saturated heterocycles. The van der Waals surface area contributed by atoms with Gasteiger partial charge in [-0.05, 0) is 38.2 Å². The van der Waals surface area contributed by atoms with E-state index < -0.39 is 0 Å². The largest absolute Gasteiger partial charge is 0.333 e. The van der Waals surface area contributed by atoms with Crippen molar-refractivity contribution in [3.63, 3.8) is 0 Å². The summed E-state index contributed by atoms with van der Waals surface area (Å²) < 4.78 is 0. The fraction of sp³-hybridized carbons (Fsp3) is 0.444. The molecule has 116 valence electrons. The smallest absolute Gasteiger partial charge is 0.226 e. The second-order valence-corrected chi connectivity index (χ2v) is 7.02. The number of rotatable bonds is 7. The van der Waals surface area contributed by atoms with Crippen molar-refractivity contribution in [3.05, 3.63) is 52.5 Å². The van der Waals surface area contributed by atoms with Crippen molar-refractivity contribution < 1.29 is 4.79 Å². The molecule has 1 fully saturated rings. The van der Waals surface area contributed by atoms with Crippen molar-refractivity contribution in [2.45, 2.75) is 45.2 Å². The maximum atomic E-state index is 12.6. The number of benzene rings is 1. The molecular weight excluding hydrogens is 292 g/mol. The minimum atomic E-state index is 0.247. The fourth-order valence-corrected chi connectivity index (χ4v) is 3.28. The predicted molar refractivity (Wildman–Crippen MR) is 89.6 cm³/mol. The number of nitrogens with zero attached hydrogens (tertiary/aromatic N) is 2. The lowest BCUT2D eigenvalue weighted by atomic mass is 10.0. The van der Waals surface area contributed by atoms with E-state index in [4.69, 9.17) is 0 Å². The predicted octanol–water partition coefficient (Wildman–Crippen LogP) is 3.90. The summed E-state index contributed by atoms with van der Waals surface area (Å²) in [6.07, 6.45) is 5.92. The van der Waals surface area contributed by atoms with Gasteiger partial charge in [-0.3, -0.25) is 4.79 Å². The second-order valence-electron chi connectivity index (χ2n) is 6.04. The Bertz CT molecular complexity index is 593. The Labute approximate surface area is 136 Å². The molecule has 3 rings (SSSR count). The van der Waals surface area contributed by atoms with Crippen LogP contribution in [0.25, 0.3) is 0 Å². The van der Waals surface area contributed by atoms with E-state index in [0.29, 0.717) is 12.5 Å². The van der Waals surface area contributed by atoms with Gasteiger partial charge in [-0.1, -0.05) is 30.3 Å². The van der Waals surface area contributed by atoms with Gasteiger partial charge in [0, 0.05) is 23.5 Å². The first-order valence-corrected chi connectivity index (χ1v) is 8.85. The maximum absolute atomic E-state index is 12.6. The van der Waals surface area contributed by atoms with Crippen LogP contribution in [-0.4, -0.2) is 21.8 Å². The number of carbonyl (C=O) groups is 1. The second kappa shape index (κ2) is 7.05. The first-order chi connectivity index (χ1) is 10.7. The lowest BCUT2D eigenvalue weighted by Crippen LogP contribution is -2.39. The summed E-state index contributed by atoms with van der Waals surface area (Å²) in [6.45, 7) is 2.82. The van der Waals surface area contributed by atoms with Crippen LogP contribution in [0.15, 0.2) is 41.9 Å². The number of aryl methyl sites for hydroxylation is 1. The molecule has 4 heteroatoms. The van der Waals surface area contributed by atoms with Crippen LogP contribution in [0.3, 0.4) is 0 Å². The van der Waals surface area contributed by atoms with Gasteiger partial charge in [0.05, 0.1) is 6.54 Å². The van der Waals surface area contributed by atoms with Crippen molar-refractivity contribution in [2.75, 3.05) is 0 Å². The molecule has 1 amide bonds. The summed E-state index contributed by atoms with van der Waals surface area (Å²) in [5, 5.41) is 3.00. The van der Waals surface area contributed by atoms with Crippen LogP contribution in [0, 0.1) is 5.92 Å². The molecule has 0 bridgehead atoms. The summed E-state index contributed by atoms with van der Waals surface area (Å²) in [7, 11) is 0. The monoisotopic (exact) mass is 314 g/mol. The summed E-state index contributed by atoms with van der Waals surface area (Å²) in [6, 6.07) is 10.7. The van der Waals surface area contributed by atoms with Crippen molar-refractivity contribution in [3.8, 4) is 0 Å². The van der Waals surface area contributed by atoms with Gasteiger partial charge in [0.2, 0.25) is 5.91 Å². The molecule has 2 aromatic rings. The van der Waals surface area contributed by atoms with E-state index >= 15 is 0 Å². The Hall–Kier alpha value is -1.68. The highest BCUT2D eigenvalue weighted by Crippen LogP contribution is 2.32. The van der Waals surface area contributed by atoms with Crippen molar-refractivity contribution >= 4 is 17.2 Å². The zero-order valence-electron chi connectivity index (χ0n) is 12.9. The zero-order valence-corrected chi connectivity index (χ0v) is 13.8. The Balaban J connectivity index is 1.63. The average Bonchev–Trinajstić information content (AvgIpc) is 3.28. The summed E-state index contributed by atoms with van der Waals surface area (Å²) in [5.74, 6) is 0.579. The lowest BCUT2D eigenvalue weighted by Gasteiger charge is -2.29. The molecule has 0 N–H and O–H groups in total. The van der Waals surface area contributed by atoms with E-state index in [1.807, 2.05) is 22.5 Å². The number of carbonyl (C=O) groups excluding carboxylic acids is 1. The highest BCUT2D eigenvalue weighted by molar-refractivity contribution is 7.09. The van der Waals surface area contributed by atoms with Crippen molar-refractivity contribution in [1.82, 2.24) is 9.88 Å². The highest BCUT2D eigenvalue weighted by Gasteiger charge is 2.35. The minimum absolute atomic E-state index is 0.247. The molecule has 0 spiro atoms.